The second kappa shape index (κ2) is 6.84. The number of hydrogen-bond acceptors (Lipinski definition) is 6. The van der Waals surface area contributed by atoms with Gasteiger partial charge in [0.15, 0.2) is 0 Å². The van der Waals surface area contributed by atoms with Gasteiger partial charge in [0.2, 0.25) is 5.91 Å². The van der Waals surface area contributed by atoms with Crippen molar-refractivity contribution in [1.82, 2.24) is 15.3 Å². The van der Waals surface area contributed by atoms with E-state index in [4.69, 9.17) is 5.73 Å². The van der Waals surface area contributed by atoms with Crippen molar-refractivity contribution in [3.05, 3.63) is 16.3 Å². The Morgan fingerprint density at radius 1 is 1.22 bits per heavy atom. The number of amides is 3. The van der Waals surface area contributed by atoms with E-state index in [1.54, 1.807) is 11.3 Å². The maximum Gasteiger partial charge on any atom is 0.318 e. The SMILES string of the molecule is Cc1nc(SC(C(=O)NC(N)=O)C(C)C)c2c(C)c(C)sc2n1. The Kier molecular flexibility index (Phi) is 5.26. The number of nitrogens with one attached hydrogen (secondary N) is 1. The molecule has 1 unspecified atom stereocenters. The van der Waals surface area contributed by atoms with Crippen molar-refractivity contribution in [2.45, 2.75) is 44.9 Å². The fourth-order valence-electron chi connectivity index (χ4n) is 2.20. The molecule has 2 aromatic rings. The summed E-state index contributed by atoms with van der Waals surface area (Å²) in [6.45, 7) is 9.77. The van der Waals surface area contributed by atoms with Crippen LogP contribution >= 0.6 is 23.1 Å². The van der Waals surface area contributed by atoms with E-state index in [0.717, 1.165) is 20.8 Å². The Morgan fingerprint density at radius 2 is 1.87 bits per heavy atom. The largest absolute Gasteiger partial charge is 0.351 e. The molecule has 6 nitrogen and oxygen atoms in total. The number of imide groups is 1. The van der Waals surface area contributed by atoms with E-state index in [9.17, 15) is 9.59 Å². The van der Waals surface area contributed by atoms with E-state index in [1.165, 1.54) is 16.6 Å². The number of nitrogens with two attached hydrogens (primary N) is 1. The number of thioether (sulfide) groups is 1. The lowest BCUT2D eigenvalue weighted by Crippen LogP contribution is -2.42. The van der Waals surface area contributed by atoms with Gasteiger partial charge in [0.1, 0.15) is 15.7 Å². The van der Waals surface area contributed by atoms with Gasteiger partial charge in [-0.05, 0) is 32.3 Å². The van der Waals surface area contributed by atoms with E-state index >= 15 is 0 Å². The molecule has 2 heterocycles. The second-order valence-electron chi connectivity index (χ2n) is 5.68. The molecule has 1 atom stereocenters. The number of hydrogen-bond donors (Lipinski definition) is 2. The zero-order valence-corrected chi connectivity index (χ0v) is 15.4. The Bertz CT molecular complexity index is 770. The average molecular weight is 352 g/mol. The molecule has 0 aliphatic heterocycles. The first-order chi connectivity index (χ1) is 10.7. The van der Waals surface area contributed by atoms with Crippen molar-refractivity contribution in [2.24, 2.45) is 11.7 Å². The lowest BCUT2D eigenvalue weighted by molar-refractivity contribution is -0.120. The maximum atomic E-state index is 12.2. The van der Waals surface area contributed by atoms with Gasteiger partial charge in [-0.15, -0.1) is 11.3 Å². The number of aryl methyl sites for hydroxylation is 3. The van der Waals surface area contributed by atoms with Gasteiger partial charge in [-0.25, -0.2) is 14.8 Å². The van der Waals surface area contributed by atoms with Crippen molar-refractivity contribution in [2.75, 3.05) is 0 Å². The van der Waals surface area contributed by atoms with Gasteiger partial charge in [-0.3, -0.25) is 10.1 Å². The van der Waals surface area contributed by atoms with Crippen LogP contribution in [0.5, 0.6) is 0 Å². The summed E-state index contributed by atoms with van der Waals surface area (Å²) in [6.07, 6.45) is 0. The summed E-state index contributed by atoms with van der Waals surface area (Å²) < 4.78 is 0. The summed E-state index contributed by atoms with van der Waals surface area (Å²) in [5.41, 5.74) is 6.19. The monoisotopic (exact) mass is 352 g/mol. The van der Waals surface area contributed by atoms with Crippen LogP contribution in [0.4, 0.5) is 4.79 Å². The molecule has 124 valence electrons. The number of thiophene rings is 1. The molecule has 0 fully saturated rings. The van der Waals surface area contributed by atoms with Gasteiger partial charge in [0.25, 0.3) is 0 Å². The normalized spacial score (nSPS) is 12.6. The highest BCUT2D eigenvalue weighted by Gasteiger charge is 2.27. The number of rotatable bonds is 4. The molecule has 3 amide bonds. The molecule has 0 spiro atoms. The van der Waals surface area contributed by atoms with Crippen LogP contribution in [0.25, 0.3) is 10.2 Å². The third-order valence-corrected chi connectivity index (χ3v) is 6.09. The molecular formula is C15H20N4O2S2. The van der Waals surface area contributed by atoms with E-state index in [1.807, 2.05) is 34.6 Å². The molecule has 0 saturated heterocycles. The number of primary amides is 1. The molecular weight excluding hydrogens is 332 g/mol. The first-order valence-electron chi connectivity index (χ1n) is 7.22. The summed E-state index contributed by atoms with van der Waals surface area (Å²) in [4.78, 5) is 34.3. The average Bonchev–Trinajstić information content (AvgIpc) is 2.69. The van der Waals surface area contributed by atoms with Crippen LogP contribution in [0.1, 0.15) is 30.1 Å². The third kappa shape index (κ3) is 3.81. The Hall–Kier alpha value is -1.67. The van der Waals surface area contributed by atoms with Gasteiger partial charge in [0, 0.05) is 10.3 Å². The van der Waals surface area contributed by atoms with Gasteiger partial charge in [-0.2, -0.15) is 0 Å². The van der Waals surface area contributed by atoms with Gasteiger partial charge in [0.05, 0.1) is 5.25 Å². The lowest BCUT2D eigenvalue weighted by atomic mass is 10.1. The molecule has 3 N–H and O–H groups in total. The third-order valence-electron chi connectivity index (χ3n) is 3.46. The molecule has 2 aromatic heterocycles. The summed E-state index contributed by atoms with van der Waals surface area (Å²) in [7, 11) is 0. The second-order valence-corrected chi connectivity index (χ2v) is 8.01. The molecule has 0 aliphatic carbocycles. The summed E-state index contributed by atoms with van der Waals surface area (Å²) in [5, 5.41) is 3.46. The number of carbonyl (C=O) groups excluding carboxylic acids is 2. The Labute approximate surface area is 143 Å². The van der Waals surface area contributed by atoms with Crippen LogP contribution in [0, 0.1) is 26.7 Å². The van der Waals surface area contributed by atoms with E-state index in [-0.39, 0.29) is 5.92 Å². The number of aromatic nitrogens is 2. The van der Waals surface area contributed by atoms with Gasteiger partial charge in [-0.1, -0.05) is 25.6 Å². The van der Waals surface area contributed by atoms with Crippen LogP contribution in [-0.2, 0) is 4.79 Å². The van der Waals surface area contributed by atoms with Gasteiger partial charge < -0.3 is 5.73 Å². The van der Waals surface area contributed by atoms with Crippen molar-refractivity contribution in [3.8, 4) is 0 Å². The molecule has 23 heavy (non-hydrogen) atoms. The van der Waals surface area contributed by atoms with E-state index in [0.29, 0.717) is 5.82 Å². The molecule has 0 bridgehead atoms. The lowest BCUT2D eigenvalue weighted by Gasteiger charge is -2.19. The minimum atomic E-state index is -0.840. The number of urea groups is 1. The van der Waals surface area contributed by atoms with Gasteiger partial charge >= 0.3 is 6.03 Å². The van der Waals surface area contributed by atoms with Crippen molar-refractivity contribution in [1.29, 1.82) is 0 Å². The van der Waals surface area contributed by atoms with Crippen molar-refractivity contribution < 1.29 is 9.59 Å². The van der Waals surface area contributed by atoms with E-state index in [2.05, 4.69) is 15.3 Å². The number of nitrogens with zero attached hydrogens (tertiary/aromatic N) is 2. The first-order valence-corrected chi connectivity index (χ1v) is 8.91. The molecule has 0 radical (unpaired) electrons. The molecule has 0 aromatic carbocycles. The molecule has 0 aliphatic rings. The van der Waals surface area contributed by atoms with Crippen LogP contribution in [0.3, 0.4) is 0 Å². The highest BCUT2D eigenvalue weighted by molar-refractivity contribution is 8.00. The van der Waals surface area contributed by atoms with Crippen LogP contribution < -0.4 is 11.1 Å². The van der Waals surface area contributed by atoms with Crippen molar-refractivity contribution in [3.63, 3.8) is 0 Å². The number of carbonyl (C=O) groups is 2. The minimum absolute atomic E-state index is 0.0183. The highest BCUT2D eigenvalue weighted by atomic mass is 32.2. The van der Waals surface area contributed by atoms with Crippen molar-refractivity contribution >= 4 is 45.3 Å². The fourth-order valence-corrected chi connectivity index (χ4v) is 4.58. The van der Waals surface area contributed by atoms with Crippen LogP contribution in [-0.4, -0.2) is 27.2 Å². The zero-order valence-electron chi connectivity index (χ0n) is 13.8. The summed E-state index contributed by atoms with van der Waals surface area (Å²) in [6, 6.07) is -0.840. The topological polar surface area (TPSA) is 98.0 Å². The minimum Gasteiger partial charge on any atom is -0.351 e. The Morgan fingerprint density at radius 3 is 2.43 bits per heavy atom. The predicted molar refractivity (Wildman–Crippen MR) is 93.8 cm³/mol. The fraction of sp³-hybridized carbons (Fsp3) is 0.467. The summed E-state index contributed by atoms with van der Waals surface area (Å²) in [5.74, 6) is 0.287. The quantitative estimate of drug-likeness (QED) is 0.651. The number of fused-ring (bicyclic) bond motifs is 1. The van der Waals surface area contributed by atoms with E-state index < -0.39 is 17.2 Å². The molecule has 2 rings (SSSR count). The predicted octanol–water partition coefficient (Wildman–Crippen LogP) is 2.93. The standard InChI is InChI=1S/C15H20N4O2S2/c1-6(2)11(12(20)19-15(16)21)23-14-10-7(3)8(4)22-13(10)17-9(5)18-14/h6,11H,1-5H3,(H3,16,19,20,21). The smallest absolute Gasteiger partial charge is 0.318 e. The summed E-state index contributed by atoms with van der Waals surface area (Å²) >= 11 is 2.98. The molecule has 8 heteroatoms. The molecule has 0 saturated carbocycles. The first kappa shape index (κ1) is 17.7. The van der Waals surface area contributed by atoms with Crippen LogP contribution in [0.2, 0.25) is 0 Å². The Balaban J connectivity index is 2.46. The van der Waals surface area contributed by atoms with Crippen LogP contribution in [0.15, 0.2) is 5.03 Å². The highest BCUT2D eigenvalue weighted by Crippen LogP contribution is 2.38. The zero-order chi connectivity index (χ0) is 17.3. The maximum absolute atomic E-state index is 12.2.